The van der Waals surface area contributed by atoms with E-state index in [2.05, 4.69) is 37.0 Å². The number of aromatic amines is 1. The second-order valence-electron chi connectivity index (χ2n) is 5.03. The first-order valence-electron chi connectivity index (χ1n) is 6.48. The summed E-state index contributed by atoms with van der Waals surface area (Å²) < 4.78 is 0. The summed E-state index contributed by atoms with van der Waals surface area (Å²) in [5.74, 6) is 0. The normalized spacial score (nSPS) is 12.8. The number of nitrogens with one attached hydrogen (secondary N) is 1. The third-order valence-electron chi connectivity index (χ3n) is 3.64. The Kier molecular flexibility index (Phi) is 2.88. The molecule has 1 atom stereocenters. The number of hydrogen-bond donors (Lipinski definition) is 2. The first-order valence-corrected chi connectivity index (χ1v) is 6.48. The van der Waals surface area contributed by atoms with Crippen molar-refractivity contribution < 1.29 is 5.11 Å². The highest BCUT2D eigenvalue weighted by Crippen LogP contribution is 2.30. The number of rotatable bonds is 2. The van der Waals surface area contributed by atoms with Gasteiger partial charge >= 0.3 is 0 Å². The summed E-state index contributed by atoms with van der Waals surface area (Å²) in [5.41, 5.74) is 5.22. The molecule has 96 valence electrons. The van der Waals surface area contributed by atoms with Crippen molar-refractivity contribution in [2.75, 3.05) is 0 Å². The van der Waals surface area contributed by atoms with Crippen molar-refractivity contribution >= 4 is 10.9 Å². The topological polar surface area (TPSA) is 36.0 Å². The largest absolute Gasteiger partial charge is 0.382 e. The molecule has 0 aliphatic carbocycles. The summed E-state index contributed by atoms with van der Waals surface area (Å²) in [4.78, 5) is 3.34. The summed E-state index contributed by atoms with van der Waals surface area (Å²) in [6, 6.07) is 16.0. The van der Waals surface area contributed by atoms with Crippen LogP contribution in [0.4, 0.5) is 0 Å². The van der Waals surface area contributed by atoms with Crippen molar-refractivity contribution in [3.8, 4) is 0 Å². The van der Waals surface area contributed by atoms with E-state index in [0.717, 1.165) is 22.3 Å². The minimum Gasteiger partial charge on any atom is -0.382 e. The monoisotopic (exact) mass is 251 g/mol. The molecule has 0 spiro atoms. The molecule has 0 saturated carbocycles. The Morgan fingerprint density at radius 1 is 1.00 bits per heavy atom. The average Bonchev–Trinajstić information content (AvgIpc) is 2.76. The molecule has 0 radical (unpaired) electrons. The first kappa shape index (κ1) is 12.0. The molecular formula is C17H17NO. The maximum absolute atomic E-state index is 10.5. The summed E-state index contributed by atoms with van der Waals surface area (Å²) in [6.45, 7) is 4.14. The molecule has 0 amide bonds. The fourth-order valence-corrected chi connectivity index (χ4v) is 2.54. The maximum Gasteiger partial charge on any atom is 0.119 e. The van der Waals surface area contributed by atoms with E-state index in [9.17, 15) is 5.11 Å². The van der Waals surface area contributed by atoms with E-state index < -0.39 is 6.10 Å². The number of aryl methyl sites for hydroxylation is 2. The Morgan fingerprint density at radius 3 is 2.47 bits per heavy atom. The number of aromatic nitrogens is 1. The zero-order valence-corrected chi connectivity index (χ0v) is 11.1. The van der Waals surface area contributed by atoms with Gasteiger partial charge in [0.1, 0.15) is 6.10 Å². The van der Waals surface area contributed by atoms with E-state index in [1.807, 2.05) is 30.3 Å². The van der Waals surface area contributed by atoms with Gasteiger partial charge in [0.15, 0.2) is 0 Å². The number of hydrogen-bond acceptors (Lipinski definition) is 1. The van der Waals surface area contributed by atoms with E-state index in [0.29, 0.717) is 0 Å². The van der Waals surface area contributed by atoms with Crippen LogP contribution < -0.4 is 0 Å². The van der Waals surface area contributed by atoms with Gasteiger partial charge in [0.2, 0.25) is 0 Å². The van der Waals surface area contributed by atoms with E-state index in [-0.39, 0.29) is 0 Å². The van der Waals surface area contributed by atoms with Crippen LogP contribution in [0.25, 0.3) is 10.9 Å². The summed E-state index contributed by atoms with van der Waals surface area (Å²) in [7, 11) is 0. The molecular weight excluding hydrogens is 234 g/mol. The van der Waals surface area contributed by atoms with Gasteiger partial charge in [-0.25, -0.2) is 0 Å². The fraction of sp³-hybridized carbons (Fsp3) is 0.176. The number of H-pyrrole nitrogens is 1. The molecule has 2 N–H and O–H groups in total. The van der Waals surface area contributed by atoms with Gasteiger partial charge in [-0.2, -0.15) is 0 Å². The summed E-state index contributed by atoms with van der Waals surface area (Å²) in [6.07, 6.45) is -0.603. The molecule has 0 aliphatic heterocycles. The van der Waals surface area contributed by atoms with Crippen LogP contribution in [0.15, 0.2) is 48.5 Å². The predicted octanol–water partition coefficient (Wildman–Crippen LogP) is 3.87. The van der Waals surface area contributed by atoms with Crippen molar-refractivity contribution in [1.82, 2.24) is 4.98 Å². The van der Waals surface area contributed by atoms with Crippen molar-refractivity contribution in [3.05, 3.63) is 70.9 Å². The lowest BCUT2D eigenvalue weighted by Crippen LogP contribution is -2.01. The van der Waals surface area contributed by atoms with Crippen LogP contribution in [0.5, 0.6) is 0 Å². The molecule has 0 bridgehead atoms. The van der Waals surface area contributed by atoms with Gasteiger partial charge in [-0.1, -0.05) is 42.0 Å². The van der Waals surface area contributed by atoms with E-state index in [1.54, 1.807) is 0 Å². The van der Waals surface area contributed by atoms with Crippen molar-refractivity contribution in [1.29, 1.82) is 0 Å². The molecule has 3 aromatic rings. The lowest BCUT2D eigenvalue weighted by Gasteiger charge is -2.10. The standard InChI is InChI=1S/C17H17NO/c1-11-8-9-15-14(10-11)12(2)16(18-15)17(19)13-6-4-3-5-7-13/h3-10,17-19H,1-2H3/t17-/m1/s1. The molecule has 2 aromatic carbocycles. The predicted molar refractivity (Wildman–Crippen MR) is 78.3 cm³/mol. The quantitative estimate of drug-likeness (QED) is 0.712. The van der Waals surface area contributed by atoms with Crippen LogP contribution in [0.3, 0.4) is 0 Å². The van der Waals surface area contributed by atoms with Gasteiger partial charge in [-0.3, -0.25) is 0 Å². The Hall–Kier alpha value is -2.06. The van der Waals surface area contributed by atoms with Crippen LogP contribution >= 0.6 is 0 Å². The number of benzene rings is 2. The smallest absolute Gasteiger partial charge is 0.119 e. The molecule has 0 aliphatic rings. The Balaban J connectivity index is 2.13. The Morgan fingerprint density at radius 2 is 1.74 bits per heavy atom. The molecule has 2 nitrogen and oxygen atoms in total. The summed E-state index contributed by atoms with van der Waals surface area (Å²) in [5, 5.41) is 11.7. The lowest BCUT2D eigenvalue weighted by molar-refractivity contribution is 0.215. The van der Waals surface area contributed by atoms with Crippen LogP contribution in [0, 0.1) is 13.8 Å². The van der Waals surface area contributed by atoms with Crippen molar-refractivity contribution in [2.24, 2.45) is 0 Å². The zero-order valence-electron chi connectivity index (χ0n) is 11.1. The van der Waals surface area contributed by atoms with E-state index >= 15 is 0 Å². The third-order valence-corrected chi connectivity index (χ3v) is 3.64. The van der Waals surface area contributed by atoms with E-state index in [4.69, 9.17) is 0 Å². The van der Waals surface area contributed by atoms with Crippen molar-refractivity contribution in [3.63, 3.8) is 0 Å². The van der Waals surface area contributed by atoms with Gasteiger partial charge in [0.05, 0.1) is 5.69 Å². The second kappa shape index (κ2) is 4.56. The highest BCUT2D eigenvalue weighted by molar-refractivity contribution is 5.85. The number of aliphatic hydroxyl groups is 1. The van der Waals surface area contributed by atoms with Crippen LogP contribution in [-0.4, -0.2) is 10.1 Å². The van der Waals surface area contributed by atoms with E-state index in [1.165, 1.54) is 10.9 Å². The molecule has 19 heavy (non-hydrogen) atoms. The summed E-state index contributed by atoms with van der Waals surface area (Å²) >= 11 is 0. The third kappa shape index (κ3) is 2.04. The minimum atomic E-state index is -0.603. The molecule has 2 heteroatoms. The maximum atomic E-state index is 10.5. The number of fused-ring (bicyclic) bond motifs is 1. The molecule has 0 fully saturated rings. The van der Waals surface area contributed by atoms with Gasteiger partial charge in [0, 0.05) is 10.9 Å². The Bertz CT molecular complexity index is 713. The molecule has 1 heterocycles. The van der Waals surface area contributed by atoms with Gasteiger partial charge in [0.25, 0.3) is 0 Å². The minimum absolute atomic E-state index is 0.603. The molecule has 0 unspecified atom stereocenters. The highest BCUT2D eigenvalue weighted by Gasteiger charge is 2.16. The molecule has 0 saturated heterocycles. The second-order valence-corrected chi connectivity index (χ2v) is 5.03. The van der Waals surface area contributed by atoms with Gasteiger partial charge in [-0.05, 0) is 37.1 Å². The highest BCUT2D eigenvalue weighted by atomic mass is 16.3. The Labute approximate surface area is 112 Å². The molecule has 1 aromatic heterocycles. The van der Waals surface area contributed by atoms with Gasteiger partial charge < -0.3 is 10.1 Å². The molecule has 3 rings (SSSR count). The number of aliphatic hydroxyl groups excluding tert-OH is 1. The SMILES string of the molecule is Cc1ccc2[nH]c([C@H](O)c3ccccc3)c(C)c2c1. The van der Waals surface area contributed by atoms with Gasteiger partial charge in [-0.15, -0.1) is 0 Å². The zero-order chi connectivity index (χ0) is 13.4. The van der Waals surface area contributed by atoms with Crippen molar-refractivity contribution in [2.45, 2.75) is 20.0 Å². The first-order chi connectivity index (χ1) is 9.16. The van der Waals surface area contributed by atoms with Crippen LogP contribution in [0.1, 0.15) is 28.5 Å². The average molecular weight is 251 g/mol. The fourth-order valence-electron chi connectivity index (χ4n) is 2.54. The lowest BCUT2D eigenvalue weighted by atomic mass is 10.0. The van der Waals surface area contributed by atoms with Crippen LogP contribution in [0.2, 0.25) is 0 Å². The van der Waals surface area contributed by atoms with Crippen LogP contribution in [-0.2, 0) is 0 Å².